The molecule has 0 aliphatic carbocycles. The summed E-state index contributed by atoms with van der Waals surface area (Å²) in [7, 11) is 0. The summed E-state index contributed by atoms with van der Waals surface area (Å²) >= 11 is 0. The average Bonchev–Trinajstić information content (AvgIpc) is 2.68. The summed E-state index contributed by atoms with van der Waals surface area (Å²) in [4.78, 5) is 41.2. The van der Waals surface area contributed by atoms with Crippen molar-refractivity contribution in [3.63, 3.8) is 0 Å². The number of rotatable bonds is 10. The topological polar surface area (TPSA) is 110 Å². The number of carbonyl (C=O) groups excluding carboxylic acids is 1. The van der Waals surface area contributed by atoms with Gasteiger partial charge in [-0.05, 0) is 36.6 Å². The van der Waals surface area contributed by atoms with Crippen molar-refractivity contribution >= 4 is 17.4 Å². The van der Waals surface area contributed by atoms with Crippen molar-refractivity contribution in [2.45, 2.75) is 46.6 Å². The van der Waals surface area contributed by atoms with E-state index in [1.165, 1.54) is 33.7 Å². The summed E-state index contributed by atoms with van der Waals surface area (Å²) in [6.07, 6.45) is 1.53. The molecular formula is C21H29FN4O4. The summed E-state index contributed by atoms with van der Waals surface area (Å²) in [6.45, 7) is 6.45. The molecule has 0 saturated carbocycles. The molecule has 0 fully saturated rings. The number of ether oxygens (including phenoxy) is 1. The number of amides is 1. The quantitative estimate of drug-likeness (QED) is 0.614. The van der Waals surface area contributed by atoms with E-state index in [-0.39, 0.29) is 48.7 Å². The molecule has 9 heteroatoms. The maximum Gasteiger partial charge on any atom is 0.330 e. The van der Waals surface area contributed by atoms with E-state index in [2.05, 4.69) is 4.98 Å². The van der Waals surface area contributed by atoms with Crippen LogP contribution < -0.4 is 26.6 Å². The molecule has 8 nitrogen and oxygen atoms in total. The van der Waals surface area contributed by atoms with Crippen molar-refractivity contribution in [2.75, 3.05) is 23.8 Å². The van der Waals surface area contributed by atoms with Crippen molar-refractivity contribution in [2.24, 2.45) is 5.92 Å². The number of benzene rings is 1. The first kappa shape index (κ1) is 23.2. The van der Waals surface area contributed by atoms with Gasteiger partial charge in [0.25, 0.3) is 5.56 Å². The summed E-state index contributed by atoms with van der Waals surface area (Å²) in [5.41, 5.74) is 4.85. The number of halogens is 1. The minimum Gasteiger partial charge on any atom is -0.493 e. The van der Waals surface area contributed by atoms with Crippen LogP contribution in [0.25, 0.3) is 0 Å². The van der Waals surface area contributed by atoms with Gasteiger partial charge in [-0.25, -0.2) is 9.18 Å². The molecule has 1 amide bonds. The molecule has 0 radical (unpaired) electrons. The molecule has 0 aliphatic rings. The van der Waals surface area contributed by atoms with Crippen LogP contribution in [-0.4, -0.2) is 28.6 Å². The third-order valence-electron chi connectivity index (χ3n) is 4.47. The smallest absolute Gasteiger partial charge is 0.330 e. The molecule has 30 heavy (non-hydrogen) atoms. The average molecular weight is 420 g/mol. The van der Waals surface area contributed by atoms with Crippen molar-refractivity contribution in [3.05, 3.63) is 50.9 Å². The van der Waals surface area contributed by atoms with Gasteiger partial charge in [0.05, 0.1) is 13.0 Å². The number of hydrogen-bond donors (Lipinski definition) is 2. The van der Waals surface area contributed by atoms with Gasteiger partial charge in [-0.1, -0.05) is 27.2 Å². The Morgan fingerprint density at radius 2 is 1.93 bits per heavy atom. The number of carbonyl (C=O) groups is 1. The zero-order valence-corrected chi connectivity index (χ0v) is 17.6. The van der Waals surface area contributed by atoms with Crippen molar-refractivity contribution in [1.29, 1.82) is 0 Å². The first-order valence-electron chi connectivity index (χ1n) is 10.1. The minimum atomic E-state index is -0.696. The number of aromatic amines is 1. The van der Waals surface area contributed by atoms with Crippen LogP contribution in [0.5, 0.6) is 5.75 Å². The molecule has 0 saturated heterocycles. The third kappa shape index (κ3) is 5.95. The fourth-order valence-corrected chi connectivity index (χ4v) is 2.98. The van der Waals surface area contributed by atoms with Crippen LogP contribution in [0.3, 0.4) is 0 Å². The van der Waals surface area contributed by atoms with Crippen molar-refractivity contribution in [1.82, 2.24) is 9.55 Å². The Kier molecular flexibility index (Phi) is 8.20. The molecule has 3 N–H and O–H groups in total. The molecule has 0 aliphatic heterocycles. The predicted octanol–water partition coefficient (Wildman–Crippen LogP) is 2.52. The van der Waals surface area contributed by atoms with Gasteiger partial charge in [-0.2, -0.15) is 0 Å². The highest BCUT2D eigenvalue weighted by molar-refractivity contribution is 5.95. The molecule has 2 aromatic rings. The van der Waals surface area contributed by atoms with Gasteiger partial charge in [0.1, 0.15) is 17.4 Å². The van der Waals surface area contributed by atoms with Crippen molar-refractivity contribution < 1.29 is 13.9 Å². The molecular weight excluding hydrogens is 391 g/mol. The minimum absolute atomic E-state index is 0.0168. The Labute approximate surface area is 174 Å². The first-order valence-corrected chi connectivity index (χ1v) is 10.1. The first-order chi connectivity index (χ1) is 14.2. The van der Waals surface area contributed by atoms with Gasteiger partial charge < -0.3 is 15.4 Å². The Bertz CT molecular complexity index is 966. The zero-order valence-electron chi connectivity index (χ0n) is 17.6. The fourth-order valence-electron chi connectivity index (χ4n) is 2.98. The molecule has 1 aromatic carbocycles. The molecule has 0 bridgehead atoms. The SMILES string of the molecule is CCCCn1c(N)c(N(CC(C)C)C(=O)CCOc2ccc(F)cc2)c(=O)[nH]c1=O. The second-order valence-electron chi connectivity index (χ2n) is 7.45. The lowest BCUT2D eigenvalue weighted by Crippen LogP contribution is -2.43. The highest BCUT2D eigenvalue weighted by Crippen LogP contribution is 2.20. The van der Waals surface area contributed by atoms with Gasteiger partial charge in [-0.15, -0.1) is 0 Å². The molecule has 0 spiro atoms. The largest absolute Gasteiger partial charge is 0.493 e. The number of anilines is 2. The number of nitrogens with zero attached hydrogens (tertiary/aromatic N) is 2. The lowest BCUT2D eigenvalue weighted by atomic mass is 10.2. The van der Waals surface area contributed by atoms with Crippen LogP contribution in [0.1, 0.15) is 40.0 Å². The summed E-state index contributed by atoms with van der Waals surface area (Å²) in [5, 5.41) is 0. The van der Waals surface area contributed by atoms with Gasteiger partial charge in [0.15, 0.2) is 5.69 Å². The highest BCUT2D eigenvalue weighted by atomic mass is 19.1. The third-order valence-corrected chi connectivity index (χ3v) is 4.47. The molecule has 2 rings (SSSR count). The van der Waals surface area contributed by atoms with Gasteiger partial charge in [0, 0.05) is 13.1 Å². The Morgan fingerprint density at radius 3 is 2.53 bits per heavy atom. The lowest BCUT2D eigenvalue weighted by molar-refractivity contribution is -0.119. The lowest BCUT2D eigenvalue weighted by Gasteiger charge is -2.26. The number of aromatic nitrogens is 2. The van der Waals surface area contributed by atoms with E-state index in [9.17, 15) is 18.8 Å². The Morgan fingerprint density at radius 1 is 1.27 bits per heavy atom. The monoisotopic (exact) mass is 420 g/mol. The van der Waals surface area contributed by atoms with Gasteiger partial charge in [0.2, 0.25) is 5.91 Å². The predicted molar refractivity (Wildman–Crippen MR) is 114 cm³/mol. The molecule has 164 valence electrons. The van der Waals surface area contributed by atoms with Gasteiger partial charge in [-0.3, -0.25) is 19.1 Å². The summed E-state index contributed by atoms with van der Waals surface area (Å²) in [6, 6.07) is 5.47. The fraction of sp³-hybridized carbons (Fsp3) is 0.476. The van der Waals surface area contributed by atoms with Gasteiger partial charge >= 0.3 is 5.69 Å². The number of hydrogen-bond acceptors (Lipinski definition) is 5. The van der Waals surface area contributed by atoms with E-state index in [4.69, 9.17) is 10.5 Å². The van der Waals surface area contributed by atoms with E-state index in [1.54, 1.807) is 0 Å². The van der Waals surface area contributed by atoms with Crippen LogP contribution in [-0.2, 0) is 11.3 Å². The van der Waals surface area contributed by atoms with Crippen LogP contribution in [0.4, 0.5) is 15.9 Å². The van der Waals surface area contributed by atoms with E-state index in [0.29, 0.717) is 18.7 Å². The maximum absolute atomic E-state index is 13.0. The summed E-state index contributed by atoms with van der Waals surface area (Å²) < 4.78 is 19.8. The standard InChI is InChI=1S/C21H29FN4O4/c1-4-5-11-25-19(23)18(20(28)24-21(25)29)26(13-14(2)3)17(27)10-12-30-16-8-6-15(22)7-9-16/h6-9,14H,4-5,10-13,23H2,1-3H3,(H,24,28,29). The number of H-pyrrole nitrogens is 1. The Hall–Kier alpha value is -3.10. The maximum atomic E-state index is 13.0. The summed E-state index contributed by atoms with van der Waals surface area (Å²) in [5.74, 6) is -0.268. The Balaban J connectivity index is 2.25. The molecule has 0 unspecified atom stereocenters. The van der Waals surface area contributed by atoms with E-state index in [1.807, 2.05) is 20.8 Å². The van der Waals surface area contributed by atoms with E-state index in [0.717, 1.165) is 6.42 Å². The highest BCUT2D eigenvalue weighted by Gasteiger charge is 2.24. The van der Waals surface area contributed by atoms with E-state index < -0.39 is 11.2 Å². The number of nitrogens with one attached hydrogen (secondary N) is 1. The second-order valence-corrected chi connectivity index (χ2v) is 7.45. The van der Waals surface area contributed by atoms with E-state index >= 15 is 0 Å². The van der Waals surface area contributed by atoms with Crippen LogP contribution >= 0.6 is 0 Å². The van der Waals surface area contributed by atoms with Crippen LogP contribution in [0.15, 0.2) is 33.9 Å². The van der Waals surface area contributed by atoms with Crippen LogP contribution in [0, 0.1) is 11.7 Å². The number of unbranched alkanes of at least 4 members (excludes halogenated alkanes) is 1. The zero-order chi connectivity index (χ0) is 22.3. The van der Waals surface area contributed by atoms with Crippen molar-refractivity contribution in [3.8, 4) is 5.75 Å². The number of nitrogen functional groups attached to an aromatic ring is 1. The number of nitrogens with two attached hydrogens (primary N) is 1. The second kappa shape index (κ2) is 10.6. The molecule has 1 heterocycles. The van der Waals surface area contributed by atoms with Crippen LogP contribution in [0.2, 0.25) is 0 Å². The molecule has 0 atom stereocenters. The normalized spacial score (nSPS) is 11.0. The molecule has 1 aromatic heterocycles.